The average molecular weight is 160 g/mol. The monoisotopic (exact) mass is 160 g/mol. The van der Waals surface area contributed by atoms with Crippen molar-refractivity contribution in [3.63, 3.8) is 0 Å². The van der Waals surface area contributed by atoms with E-state index in [9.17, 15) is 5.11 Å². The van der Waals surface area contributed by atoms with Crippen LogP contribution in [0.15, 0.2) is 0 Å². The normalized spacial score (nSPS) is 27.3. The molecule has 3 nitrogen and oxygen atoms in total. The van der Waals surface area contributed by atoms with Gasteiger partial charge in [0.2, 0.25) is 0 Å². The summed E-state index contributed by atoms with van der Waals surface area (Å²) in [5.74, 6) is 0. The van der Waals surface area contributed by atoms with Gasteiger partial charge >= 0.3 is 0 Å². The van der Waals surface area contributed by atoms with Crippen LogP contribution in [0.1, 0.15) is 32.6 Å². The zero-order valence-corrected chi connectivity index (χ0v) is 6.95. The third kappa shape index (κ3) is 3.18. The minimum atomic E-state index is -0.636. The largest absolute Gasteiger partial charge is 0.368 e. The standard InChI is InChI=1S/C8H16O3/c1-2-4-7(9)11-8-5-3-6-10-8/h7-9H,2-6H2,1H3. The number of aliphatic hydroxyl groups is 1. The Morgan fingerprint density at radius 1 is 1.73 bits per heavy atom. The van der Waals surface area contributed by atoms with Gasteiger partial charge in [0.1, 0.15) is 0 Å². The maximum Gasteiger partial charge on any atom is 0.160 e. The van der Waals surface area contributed by atoms with Gasteiger partial charge in [-0.05, 0) is 12.8 Å². The number of hydrogen-bond donors (Lipinski definition) is 1. The molecule has 0 spiro atoms. The summed E-state index contributed by atoms with van der Waals surface area (Å²) in [6, 6.07) is 0. The molecule has 0 aromatic rings. The molecule has 1 aliphatic heterocycles. The van der Waals surface area contributed by atoms with Crippen molar-refractivity contribution in [2.45, 2.75) is 45.2 Å². The van der Waals surface area contributed by atoms with Gasteiger partial charge in [-0.15, -0.1) is 0 Å². The van der Waals surface area contributed by atoms with Crippen molar-refractivity contribution in [1.82, 2.24) is 0 Å². The second-order valence-corrected chi connectivity index (χ2v) is 2.82. The van der Waals surface area contributed by atoms with E-state index in [0.29, 0.717) is 6.42 Å². The lowest BCUT2D eigenvalue weighted by atomic mass is 10.3. The van der Waals surface area contributed by atoms with E-state index in [1.54, 1.807) is 0 Å². The molecule has 1 rings (SSSR count). The number of hydrogen-bond acceptors (Lipinski definition) is 3. The smallest absolute Gasteiger partial charge is 0.160 e. The highest BCUT2D eigenvalue weighted by Gasteiger charge is 2.18. The fourth-order valence-electron chi connectivity index (χ4n) is 1.15. The van der Waals surface area contributed by atoms with Gasteiger partial charge in [-0.25, -0.2) is 0 Å². The first-order valence-electron chi connectivity index (χ1n) is 4.28. The summed E-state index contributed by atoms with van der Waals surface area (Å²) in [6.07, 6.45) is 2.80. The van der Waals surface area contributed by atoms with E-state index in [1.807, 2.05) is 6.92 Å². The Morgan fingerprint density at radius 2 is 2.55 bits per heavy atom. The Balaban J connectivity index is 2.08. The molecule has 0 aromatic heterocycles. The van der Waals surface area contributed by atoms with Crippen molar-refractivity contribution in [2.24, 2.45) is 0 Å². The van der Waals surface area contributed by atoms with E-state index < -0.39 is 6.29 Å². The highest BCUT2D eigenvalue weighted by molar-refractivity contribution is 4.55. The van der Waals surface area contributed by atoms with Crippen LogP contribution in [0.3, 0.4) is 0 Å². The lowest BCUT2D eigenvalue weighted by Crippen LogP contribution is -2.20. The van der Waals surface area contributed by atoms with Crippen LogP contribution in [0.4, 0.5) is 0 Å². The van der Waals surface area contributed by atoms with E-state index in [-0.39, 0.29) is 6.29 Å². The first kappa shape index (κ1) is 8.97. The summed E-state index contributed by atoms with van der Waals surface area (Å²) in [7, 11) is 0. The van der Waals surface area contributed by atoms with E-state index in [1.165, 1.54) is 0 Å². The maximum absolute atomic E-state index is 9.21. The Morgan fingerprint density at radius 3 is 3.09 bits per heavy atom. The summed E-state index contributed by atoms with van der Waals surface area (Å²) in [6.45, 7) is 2.78. The van der Waals surface area contributed by atoms with Crippen LogP contribution >= 0.6 is 0 Å². The molecule has 1 N–H and O–H groups in total. The summed E-state index contributed by atoms with van der Waals surface area (Å²) in [5.41, 5.74) is 0. The fraction of sp³-hybridized carbons (Fsp3) is 1.00. The van der Waals surface area contributed by atoms with Crippen molar-refractivity contribution < 1.29 is 14.6 Å². The predicted octanol–water partition coefficient (Wildman–Crippen LogP) is 1.26. The quantitative estimate of drug-likeness (QED) is 0.629. The van der Waals surface area contributed by atoms with E-state index in [2.05, 4.69) is 0 Å². The first-order valence-corrected chi connectivity index (χ1v) is 4.28. The van der Waals surface area contributed by atoms with Crippen molar-refractivity contribution in [3.05, 3.63) is 0 Å². The Hall–Kier alpha value is -0.120. The molecule has 0 saturated carbocycles. The highest BCUT2D eigenvalue weighted by atomic mass is 16.7. The molecule has 1 saturated heterocycles. The van der Waals surface area contributed by atoms with Crippen LogP contribution in [0.5, 0.6) is 0 Å². The van der Waals surface area contributed by atoms with Gasteiger partial charge in [-0.1, -0.05) is 13.3 Å². The van der Waals surface area contributed by atoms with Crippen molar-refractivity contribution >= 4 is 0 Å². The molecular formula is C8H16O3. The second-order valence-electron chi connectivity index (χ2n) is 2.82. The minimum Gasteiger partial charge on any atom is -0.368 e. The van der Waals surface area contributed by atoms with Gasteiger partial charge in [0, 0.05) is 13.0 Å². The topological polar surface area (TPSA) is 38.7 Å². The zero-order chi connectivity index (χ0) is 8.10. The highest BCUT2D eigenvalue weighted by Crippen LogP contribution is 2.15. The molecule has 1 fully saturated rings. The Labute approximate surface area is 67.3 Å². The number of aliphatic hydroxyl groups excluding tert-OH is 1. The SMILES string of the molecule is CCCC(O)OC1CCCO1. The fourth-order valence-corrected chi connectivity index (χ4v) is 1.15. The van der Waals surface area contributed by atoms with Gasteiger partial charge in [-0.2, -0.15) is 0 Å². The van der Waals surface area contributed by atoms with Crippen molar-refractivity contribution in [3.8, 4) is 0 Å². The molecule has 0 aromatic carbocycles. The van der Waals surface area contributed by atoms with Crippen molar-refractivity contribution in [2.75, 3.05) is 6.61 Å². The Bertz CT molecular complexity index is 99.5. The minimum absolute atomic E-state index is 0.156. The van der Waals surface area contributed by atoms with E-state index in [4.69, 9.17) is 9.47 Å². The zero-order valence-electron chi connectivity index (χ0n) is 6.95. The third-order valence-electron chi connectivity index (χ3n) is 1.73. The van der Waals surface area contributed by atoms with Gasteiger partial charge in [0.05, 0.1) is 0 Å². The number of ether oxygens (including phenoxy) is 2. The van der Waals surface area contributed by atoms with Crippen LogP contribution in [0.2, 0.25) is 0 Å². The molecule has 1 heterocycles. The van der Waals surface area contributed by atoms with Gasteiger partial charge in [0.15, 0.2) is 12.6 Å². The van der Waals surface area contributed by atoms with E-state index in [0.717, 1.165) is 25.9 Å². The second kappa shape index (κ2) is 4.70. The van der Waals surface area contributed by atoms with Crippen LogP contribution in [0.25, 0.3) is 0 Å². The molecule has 2 atom stereocenters. The lowest BCUT2D eigenvalue weighted by molar-refractivity contribution is -0.212. The van der Waals surface area contributed by atoms with Gasteiger partial charge in [0.25, 0.3) is 0 Å². The van der Waals surface area contributed by atoms with E-state index >= 15 is 0 Å². The van der Waals surface area contributed by atoms with Crippen LogP contribution < -0.4 is 0 Å². The third-order valence-corrected chi connectivity index (χ3v) is 1.73. The summed E-state index contributed by atoms with van der Waals surface area (Å²) in [4.78, 5) is 0. The molecule has 0 radical (unpaired) electrons. The molecule has 0 aliphatic carbocycles. The maximum atomic E-state index is 9.21. The average Bonchev–Trinajstić information content (AvgIpc) is 2.40. The number of rotatable bonds is 4. The molecule has 0 amide bonds. The van der Waals surface area contributed by atoms with Gasteiger partial charge in [-0.3, -0.25) is 0 Å². The molecule has 1 aliphatic rings. The lowest BCUT2D eigenvalue weighted by Gasteiger charge is -2.15. The molecule has 66 valence electrons. The molecule has 0 bridgehead atoms. The van der Waals surface area contributed by atoms with Crippen LogP contribution in [-0.2, 0) is 9.47 Å². The van der Waals surface area contributed by atoms with Crippen LogP contribution in [0, 0.1) is 0 Å². The van der Waals surface area contributed by atoms with Crippen LogP contribution in [-0.4, -0.2) is 24.3 Å². The molecule has 3 heteroatoms. The summed E-state index contributed by atoms with van der Waals surface area (Å²) in [5, 5.41) is 9.21. The predicted molar refractivity (Wildman–Crippen MR) is 41.0 cm³/mol. The molecular weight excluding hydrogens is 144 g/mol. The Kier molecular flexibility index (Phi) is 3.83. The molecule has 2 unspecified atom stereocenters. The van der Waals surface area contributed by atoms with Crippen molar-refractivity contribution in [1.29, 1.82) is 0 Å². The summed E-state index contributed by atoms with van der Waals surface area (Å²) < 4.78 is 10.4. The van der Waals surface area contributed by atoms with Gasteiger partial charge < -0.3 is 14.6 Å². The summed E-state index contributed by atoms with van der Waals surface area (Å²) >= 11 is 0. The first-order chi connectivity index (χ1) is 5.33. The molecule has 11 heavy (non-hydrogen) atoms.